The number of carbonyl (C=O) groups is 1. The molecule has 0 saturated heterocycles. The SMILES string of the molecule is CC(C)(C)OC(=O)CCOc1ccc2cccnc2c1. The predicted octanol–water partition coefficient (Wildman–Crippen LogP) is 3.35. The number of ether oxygens (including phenoxy) is 2. The number of hydrogen-bond acceptors (Lipinski definition) is 4. The van der Waals surface area contributed by atoms with E-state index < -0.39 is 5.60 Å². The Labute approximate surface area is 118 Å². The number of pyridine rings is 1. The van der Waals surface area contributed by atoms with Gasteiger partial charge < -0.3 is 9.47 Å². The lowest BCUT2D eigenvalue weighted by Crippen LogP contribution is -2.24. The second-order valence-electron chi connectivity index (χ2n) is 5.54. The second kappa shape index (κ2) is 5.90. The Hall–Kier alpha value is -2.10. The van der Waals surface area contributed by atoms with Crippen LogP contribution in [0.25, 0.3) is 10.9 Å². The van der Waals surface area contributed by atoms with E-state index in [0.717, 1.165) is 10.9 Å². The van der Waals surface area contributed by atoms with E-state index in [1.165, 1.54) is 0 Å². The largest absolute Gasteiger partial charge is 0.493 e. The first-order valence-electron chi connectivity index (χ1n) is 6.63. The van der Waals surface area contributed by atoms with Gasteiger partial charge in [0.05, 0.1) is 18.5 Å². The van der Waals surface area contributed by atoms with Crippen LogP contribution in [-0.2, 0) is 9.53 Å². The number of benzene rings is 1. The zero-order chi connectivity index (χ0) is 14.6. The monoisotopic (exact) mass is 273 g/mol. The zero-order valence-corrected chi connectivity index (χ0v) is 12.1. The highest BCUT2D eigenvalue weighted by Gasteiger charge is 2.15. The molecule has 0 aliphatic carbocycles. The van der Waals surface area contributed by atoms with E-state index in [0.29, 0.717) is 12.4 Å². The highest BCUT2D eigenvalue weighted by Crippen LogP contribution is 2.19. The van der Waals surface area contributed by atoms with E-state index in [1.807, 2.05) is 51.1 Å². The Balaban J connectivity index is 1.88. The summed E-state index contributed by atoms with van der Waals surface area (Å²) in [4.78, 5) is 15.8. The molecule has 0 bridgehead atoms. The maximum atomic E-state index is 11.5. The van der Waals surface area contributed by atoms with Crippen molar-refractivity contribution in [3.05, 3.63) is 36.5 Å². The van der Waals surface area contributed by atoms with Crippen LogP contribution in [0.3, 0.4) is 0 Å². The van der Waals surface area contributed by atoms with Crippen LogP contribution in [0.1, 0.15) is 27.2 Å². The Kier molecular flexibility index (Phi) is 4.23. The van der Waals surface area contributed by atoms with Crippen molar-refractivity contribution in [2.24, 2.45) is 0 Å². The molecule has 1 heterocycles. The molecule has 0 aliphatic rings. The minimum Gasteiger partial charge on any atom is -0.493 e. The second-order valence-corrected chi connectivity index (χ2v) is 5.54. The summed E-state index contributed by atoms with van der Waals surface area (Å²) in [6.07, 6.45) is 1.98. The number of esters is 1. The maximum Gasteiger partial charge on any atom is 0.309 e. The third-order valence-corrected chi connectivity index (χ3v) is 2.57. The molecule has 0 fully saturated rings. The van der Waals surface area contributed by atoms with E-state index in [1.54, 1.807) is 6.20 Å². The zero-order valence-electron chi connectivity index (χ0n) is 12.1. The molecule has 0 spiro atoms. The van der Waals surface area contributed by atoms with Gasteiger partial charge in [-0.2, -0.15) is 0 Å². The molecule has 0 radical (unpaired) electrons. The minimum atomic E-state index is -0.454. The van der Waals surface area contributed by atoms with Crippen molar-refractivity contribution in [2.75, 3.05) is 6.61 Å². The fraction of sp³-hybridized carbons (Fsp3) is 0.375. The lowest BCUT2D eigenvalue weighted by molar-refractivity contribution is -0.155. The molecular formula is C16H19NO3. The van der Waals surface area contributed by atoms with Crippen LogP contribution < -0.4 is 4.74 Å². The predicted molar refractivity (Wildman–Crippen MR) is 77.7 cm³/mol. The molecule has 4 nitrogen and oxygen atoms in total. The van der Waals surface area contributed by atoms with E-state index in [4.69, 9.17) is 9.47 Å². The number of fused-ring (bicyclic) bond motifs is 1. The van der Waals surface area contributed by atoms with Gasteiger partial charge in [0.15, 0.2) is 0 Å². The molecule has 0 atom stereocenters. The van der Waals surface area contributed by atoms with Crippen LogP contribution in [-0.4, -0.2) is 23.2 Å². The molecule has 1 aromatic heterocycles. The number of rotatable bonds is 4. The van der Waals surface area contributed by atoms with Gasteiger partial charge in [0.2, 0.25) is 0 Å². The summed E-state index contributed by atoms with van der Waals surface area (Å²) >= 11 is 0. The molecule has 0 saturated carbocycles. The van der Waals surface area contributed by atoms with E-state index in [9.17, 15) is 4.79 Å². The fourth-order valence-corrected chi connectivity index (χ4v) is 1.78. The molecule has 2 aromatic rings. The van der Waals surface area contributed by atoms with Crippen LogP contribution in [0.2, 0.25) is 0 Å². The molecule has 0 unspecified atom stereocenters. The molecule has 0 N–H and O–H groups in total. The fourth-order valence-electron chi connectivity index (χ4n) is 1.78. The van der Waals surface area contributed by atoms with Gasteiger partial charge in [0, 0.05) is 17.6 Å². The lowest BCUT2D eigenvalue weighted by atomic mass is 10.2. The minimum absolute atomic E-state index is 0.234. The lowest BCUT2D eigenvalue weighted by Gasteiger charge is -2.19. The van der Waals surface area contributed by atoms with Gasteiger partial charge in [0.1, 0.15) is 11.4 Å². The van der Waals surface area contributed by atoms with Crippen molar-refractivity contribution in [1.82, 2.24) is 4.98 Å². The number of nitrogens with zero attached hydrogens (tertiary/aromatic N) is 1. The highest BCUT2D eigenvalue weighted by molar-refractivity contribution is 5.79. The summed E-state index contributed by atoms with van der Waals surface area (Å²) in [6.45, 7) is 5.84. The molecule has 106 valence electrons. The normalized spacial score (nSPS) is 11.3. The van der Waals surface area contributed by atoms with Crippen molar-refractivity contribution >= 4 is 16.9 Å². The number of aromatic nitrogens is 1. The van der Waals surface area contributed by atoms with E-state index in [-0.39, 0.29) is 12.4 Å². The van der Waals surface area contributed by atoms with Gasteiger partial charge in [-0.1, -0.05) is 6.07 Å². The highest BCUT2D eigenvalue weighted by atomic mass is 16.6. The Morgan fingerprint density at radius 3 is 2.80 bits per heavy atom. The summed E-state index contributed by atoms with van der Waals surface area (Å²) in [5, 5.41) is 1.06. The van der Waals surface area contributed by atoms with Crippen molar-refractivity contribution in [3.8, 4) is 5.75 Å². The van der Waals surface area contributed by atoms with Gasteiger partial charge in [-0.25, -0.2) is 0 Å². The third-order valence-electron chi connectivity index (χ3n) is 2.57. The van der Waals surface area contributed by atoms with Crippen molar-refractivity contribution in [1.29, 1.82) is 0 Å². The molecule has 2 rings (SSSR count). The summed E-state index contributed by atoms with van der Waals surface area (Å²) < 4.78 is 10.8. The Morgan fingerprint density at radius 1 is 1.25 bits per heavy atom. The molecule has 20 heavy (non-hydrogen) atoms. The number of carbonyl (C=O) groups excluding carboxylic acids is 1. The topological polar surface area (TPSA) is 48.4 Å². The quantitative estimate of drug-likeness (QED) is 0.802. The summed E-state index contributed by atoms with van der Waals surface area (Å²) in [7, 11) is 0. The van der Waals surface area contributed by atoms with Crippen molar-refractivity contribution in [2.45, 2.75) is 32.8 Å². The smallest absolute Gasteiger partial charge is 0.309 e. The van der Waals surface area contributed by atoms with Crippen LogP contribution in [0, 0.1) is 0 Å². The van der Waals surface area contributed by atoms with Gasteiger partial charge in [-0.15, -0.1) is 0 Å². The summed E-state index contributed by atoms with van der Waals surface area (Å²) in [5.41, 5.74) is 0.423. The molecular weight excluding hydrogens is 254 g/mol. The molecule has 4 heteroatoms. The Bertz CT molecular complexity index is 602. The van der Waals surface area contributed by atoms with E-state index in [2.05, 4.69) is 4.98 Å². The molecule has 1 aromatic carbocycles. The van der Waals surface area contributed by atoms with E-state index >= 15 is 0 Å². The number of hydrogen-bond donors (Lipinski definition) is 0. The Morgan fingerprint density at radius 2 is 2.05 bits per heavy atom. The molecule has 0 aliphatic heterocycles. The standard InChI is InChI=1S/C16H19NO3/c1-16(2,3)20-15(18)8-10-19-13-7-6-12-5-4-9-17-14(12)11-13/h4-7,9,11H,8,10H2,1-3H3. The summed E-state index contributed by atoms with van der Waals surface area (Å²) in [6, 6.07) is 9.58. The van der Waals surface area contributed by atoms with Crippen LogP contribution in [0.15, 0.2) is 36.5 Å². The third kappa shape index (κ3) is 4.23. The van der Waals surface area contributed by atoms with Crippen LogP contribution in [0.5, 0.6) is 5.75 Å². The first-order valence-corrected chi connectivity index (χ1v) is 6.63. The van der Waals surface area contributed by atoms with Crippen LogP contribution in [0.4, 0.5) is 0 Å². The van der Waals surface area contributed by atoms with Crippen molar-refractivity contribution < 1.29 is 14.3 Å². The van der Waals surface area contributed by atoms with Gasteiger partial charge in [-0.3, -0.25) is 9.78 Å². The molecule has 0 amide bonds. The van der Waals surface area contributed by atoms with Gasteiger partial charge in [0.25, 0.3) is 0 Å². The first kappa shape index (κ1) is 14.3. The average molecular weight is 273 g/mol. The van der Waals surface area contributed by atoms with Gasteiger partial charge >= 0.3 is 5.97 Å². The van der Waals surface area contributed by atoms with Crippen LogP contribution >= 0.6 is 0 Å². The summed E-state index contributed by atoms with van der Waals surface area (Å²) in [5.74, 6) is 0.455. The first-order chi connectivity index (χ1) is 9.44. The van der Waals surface area contributed by atoms with Gasteiger partial charge in [-0.05, 0) is 39.0 Å². The maximum absolute atomic E-state index is 11.5. The average Bonchev–Trinajstić information content (AvgIpc) is 2.36. The van der Waals surface area contributed by atoms with Crippen molar-refractivity contribution in [3.63, 3.8) is 0 Å².